The first-order chi connectivity index (χ1) is 15.5. The molecule has 4 unspecified atom stereocenters. The van der Waals surface area contributed by atoms with Crippen LogP contribution in [0.25, 0.3) is 0 Å². The van der Waals surface area contributed by atoms with Crippen molar-refractivity contribution >= 4 is 16.6 Å². The van der Waals surface area contributed by atoms with Crippen LogP contribution in [0.5, 0.6) is 0 Å². The molecule has 192 valence electrons. The van der Waals surface area contributed by atoms with E-state index in [2.05, 4.69) is 64.6 Å². The number of hydrogen-bond acceptors (Lipinski definition) is 2. The molecule has 0 bridgehead atoms. The van der Waals surface area contributed by atoms with Gasteiger partial charge in [0.15, 0.2) is 16.6 Å². The number of rotatable bonds is 16. The van der Waals surface area contributed by atoms with E-state index in [0.717, 1.165) is 24.7 Å². The molecule has 0 aromatic heterocycles. The van der Waals surface area contributed by atoms with E-state index in [1.807, 2.05) is 0 Å². The van der Waals surface area contributed by atoms with Gasteiger partial charge < -0.3 is 8.85 Å². The van der Waals surface area contributed by atoms with Crippen molar-refractivity contribution in [3.63, 3.8) is 0 Å². The molecule has 0 spiro atoms. The molecule has 0 aromatic rings. The van der Waals surface area contributed by atoms with Gasteiger partial charge in [-0.15, -0.1) is 13.2 Å². The van der Waals surface area contributed by atoms with Crippen LogP contribution in [0.3, 0.4) is 0 Å². The highest BCUT2D eigenvalue weighted by Gasteiger charge is 2.47. The van der Waals surface area contributed by atoms with E-state index in [9.17, 15) is 0 Å². The van der Waals surface area contributed by atoms with Crippen molar-refractivity contribution in [1.29, 1.82) is 0 Å². The highest BCUT2D eigenvalue weighted by molar-refractivity contribution is 6.70. The van der Waals surface area contributed by atoms with E-state index < -0.39 is 16.6 Å². The first kappa shape index (κ1) is 29.1. The standard InChI is InChI=1S/C29H56O2Si2/c1-9-11-13-22-28(30-32(3,4)5)24-16-20-26(28)18-15-19-27-21-17-25-29(27,23-14-12-10-2)31-33(6,7)8/h9-10,26-27H,1-2,11-25H2,3-8H3. The summed E-state index contributed by atoms with van der Waals surface area (Å²) in [4.78, 5) is 0. The molecule has 0 saturated heterocycles. The summed E-state index contributed by atoms with van der Waals surface area (Å²) in [5.41, 5.74) is 0.276. The minimum atomic E-state index is -1.58. The third-order valence-corrected chi connectivity index (χ3v) is 9.97. The van der Waals surface area contributed by atoms with Gasteiger partial charge in [0.2, 0.25) is 0 Å². The Kier molecular flexibility index (Phi) is 11.2. The highest BCUT2D eigenvalue weighted by atomic mass is 28.4. The quantitative estimate of drug-likeness (QED) is 0.121. The zero-order valence-corrected chi connectivity index (χ0v) is 25.1. The van der Waals surface area contributed by atoms with Gasteiger partial charge in [-0.2, -0.15) is 0 Å². The summed E-state index contributed by atoms with van der Waals surface area (Å²) in [6.07, 6.45) is 23.3. The molecule has 2 fully saturated rings. The lowest BCUT2D eigenvalue weighted by Crippen LogP contribution is -2.46. The molecule has 2 nitrogen and oxygen atoms in total. The van der Waals surface area contributed by atoms with Gasteiger partial charge in [0.1, 0.15) is 0 Å². The average molecular weight is 493 g/mol. The van der Waals surface area contributed by atoms with Gasteiger partial charge >= 0.3 is 0 Å². The molecule has 0 heterocycles. The maximum Gasteiger partial charge on any atom is 0.184 e. The van der Waals surface area contributed by atoms with Crippen LogP contribution in [0.2, 0.25) is 39.3 Å². The van der Waals surface area contributed by atoms with Crippen molar-refractivity contribution in [3.05, 3.63) is 25.3 Å². The average Bonchev–Trinajstić information content (AvgIpc) is 3.24. The lowest BCUT2D eigenvalue weighted by molar-refractivity contribution is -0.00262. The maximum atomic E-state index is 7.02. The third kappa shape index (κ3) is 9.09. The van der Waals surface area contributed by atoms with Gasteiger partial charge in [0, 0.05) is 0 Å². The van der Waals surface area contributed by atoms with Crippen LogP contribution in [0, 0.1) is 11.8 Å². The maximum absolute atomic E-state index is 7.02. The second-order valence-electron chi connectivity index (χ2n) is 13.0. The van der Waals surface area contributed by atoms with Crippen LogP contribution in [0.1, 0.15) is 96.3 Å². The number of unbranched alkanes of at least 4 members (excludes halogenated alkanes) is 2. The summed E-state index contributed by atoms with van der Waals surface area (Å²) in [5, 5.41) is 0. The van der Waals surface area contributed by atoms with Gasteiger partial charge in [-0.05, 0) is 128 Å². The minimum absolute atomic E-state index is 0.138. The second kappa shape index (κ2) is 12.7. The first-order valence-electron chi connectivity index (χ1n) is 14.1. The zero-order valence-electron chi connectivity index (χ0n) is 23.1. The molecular weight excluding hydrogens is 436 g/mol. The summed E-state index contributed by atoms with van der Waals surface area (Å²) < 4.78 is 14.0. The Morgan fingerprint density at radius 3 is 1.42 bits per heavy atom. The molecule has 33 heavy (non-hydrogen) atoms. The number of hydrogen-bond donors (Lipinski definition) is 0. The molecule has 0 radical (unpaired) electrons. The summed E-state index contributed by atoms with van der Waals surface area (Å²) in [6, 6.07) is 0. The van der Waals surface area contributed by atoms with E-state index in [0.29, 0.717) is 0 Å². The van der Waals surface area contributed by atoms with Gasteiger partial charge in [-0.1, -0.05) is 31.4 Å². The van der Waals surface area contributed by atoms with Crippen molar-refractivity contribution in [2.75, 3.05) is 0 Å². The van der Waals surface area contributed by atoms with E-state index in [-0.39, 0.29) is 11.2 Å². The summed E-state index contributed by atoms with van der Waals surface area (Å²) in [5.74, 6) is 1.48. The van der Waals surface area contributed by atoms with Crippen molar-refractivity contribution in [2.45, 2.75) is 147 Å². The third-order valence-electron chi connectivity index (χ3n) is 7.93. The largest absolute Gasteiger partial charge is 0.412 e. The highest BCUT2D eigenvalue weighted by Crippen LogP contribution is 2.49. The Labute approximate surface area is 209 Å². The van der Waals surface area contributed by atoms with Gasteiger partial charge in [0.05, 0.1) is 11.2 Å². The second-order valence-corrected chi connectivity index (χ2v) is 21.9. The van der Waals surface area contributed by atoms with Crippen LogP contribution in [-0.4, -0.2) is 27.8 Å². The Balaban J connectivity index is 2.04. The predicted octanol–water partition coefficient (Wildman–Crippen LogP) is 9.65. The SMILES string of the molecule is C=CCCCC1(O[Si](C)(C)C)CCCC1CCCC1CCCC1(CCCC=C)O[Si](C)(C)C. The smallest absolute Gasteiger partial charge is 0.184 e. The van der Waals surface area contributed by atoms with E-state index in [4.69, 9.17) is 8.85 Å². The first-order valence-corrected chi connectivity index (χ1v) is 20.9. The molecule has 0 amide bonds. The molecule has 0 aromatic carbocycles. The zero-order chi connectivity index (χ0) is 24.6. The van der Waals surface area contributed by atoms with Crippen LogP contribution >= 0.6 is 0 Å². The molecule has 2 saturated carbocycles. The topological polar surface area (TPSA) is 18.5 Å². The molecule has 2 aliphatic rings. The molecule has 2 aliphatic carbocycles. The lowest BCUT2D eigenvalue weighted by atomic mass is 9.79. The summed E-state index contributed by atoms with van der Waals surface area (Å²) >= 11 is 0. The molecule has 4 heteroatoms. The predicted molar refractivity (Wildman–Crippen MR) is 151 cm³/mol. The molecular formula is C29H56O2Si2. The van der Waals surface area contributed by atoms with Crippen LogP contribution < -0.4 is 0 Å². The molecule has 4 atom stereocenters. The van der Waals surface area contributed by atoms with Crippen LogP contribution in [0.4, 0.5) is 0 Å². The van der Waals surface area contributed by atoms with E-state index in [1.165, 1.54) is 83.5 Å². The van der Waals surface area contributed by atoms with Gasteiger partial charge in [-0.3, -0.25) is 0 Å². The summed E-state index contributed by atoms with van der Waals surface area (Å²) in [7, 11) is -3.16. The number of allylic oxidation sites excluding steroid dienone is 2. The van der Waals surface area contributed by atoms with Crippen LogP contribution in [-0.2, 0) is 8.85 Å². The van der Waals surface area contributed by atoms with Crippen LogP contribution in [0.15, 0.2) is 25.3 Å². The van der Waals surface area contributed by atoms with Gasteiger partial charge in [0.25, 0.3) is 0 Å². The monoisotopic (exact) mass is 492 g/mol. The Hall–Kier alpha value is -0.166. The lowest BCUT2D eigenvalue weighted by Gasteiger charge is -2.43. The fraction of sp³-hybridized carbons (Fsp3) is 0.862. The Bertz CT molecular complexity index is 554. The van der Waals surface area contributed by atoms with Crippen molar-refractivity contribution in [2.24, 2.45) is 11.8 Å². The molecule has 0 aliphatic heterocycles. The van der Waals surface area contributed by atoms with Crippen molar-refractivity contribution in [3.8, 4) is 0 Å². The van der Waals surface area contributed by atoms with Crippen molar-refractivity contribution in [1.82, 2.24) is 0 Å². The van der Waals surface area contributed by atoms with Gasteiger partial charge in [-0.25, -0.2) is 0 Å². The Morgan fingerprint density at radius 1 is 0.697 bits per heavy atom. The van der Waals surface area contributed by atoms with E-state index in [1.54, 1.807) is 0 Å². The fourth-order valence-electron chi connectivity index (χ4n) is 7.00. The fourth-order valence-corrected chi connectivity index (χ4v) is 10.2. The molecule has 2 rings (SSSR count). The van der Waals surface area contributed by atoms with Crippen molar-refractivity contribution < 1.29 is 8.85 Å². The minimum Gasteiger partial charge on any atom is -0.412 e. The normalized spacial score (nSPS) is 30.6. The summed E-state index contributed by atoms with van der Waals surface area (Å²) in [6.45, 7) is 22.2. The molecule has 0 N–H and O–H groups in total. The Morgan fingerprint density at radius 2 is 1.09 bits per heavy atom. The van der Waals surface area contributed by atoms with E-state index >= 15 is 0 Å².